The first-order chi connectivity index (χ1) is 9.31. The molecule has 0 radical (unpaired) electrons. The summed E-state index contributed by atoms with van der Waals surface area (Å²) in [4.78, 5) is -0.265. The number of aromatic amines is 1. The average Bonchev–Trinajstić information content (AvgIpc) is 2.77. The van der Waals surface area contributed by atoms with E-state index in [0.717, 1.165) is 17.8 Å². The Morgan fingerprint density at radius 3 is 2.80 bits per heavy atom. The molecule has 0 aliphatic heterocycles. The van der Waals surface area contributed by atoms with Crippen molar-refractivity contribution in [1.82, 2.24) is 14.9 Å². The Balaban J connectivity index is 2.27. The Morgan fingerprint density at radius 2 is 2.20 bits per heavy atom. The van der Waals surface area contributed by atoms with E-state index in [-0.39, 0.29) is 22.2 Å². The molecular weight excluding hydrogens is 307 g/mol. The van der Waals surface area contributed by atoms with Crippen LogP contribution >= 0.6 is 11.6 Å². The highest BCUT2D eigenvalue weighted by molar-refractivity contribution is 7.89. The highest BCUT2D eigenvalue weighted by Gasteiger charge is 2.20. The fourth-order valence-electron chi connectivity index (χ4n) is 1.56. The molecule has 0 atom stereocenters. The van der Waals surface area contributed by atoms with Crippen molar-refractivity contribution in [2.24, 2.45) is 0 Å². The third-order valence-electron chi connectivity index (χ3n) is 2.73. The van der Waals surface area contributed by atoms with Gasteiger partial charge in [0.2, 0.25) is 10.0 Å². The lowest BCUT2D eigenvalue weighted by Crippen LogP contribution is -2.24. The molecule has 20 heavy (non-hydrogen) atoms. The number of H-pyrrole nitrogens is 1. The maximum atomic E-state index is 13.2. The molecule has 0 bridgehead atoms. The van der Waals surface area contributed by atoms with Crippen LogP contribution in [0.15, 0.2) is 23.2 Å². The number of nitrogens with two attached hydrogens (primary N) is 1. The third-order valence-corrected chi connectivity index (χ3v) is 4.59. The molecule has 0 aliphatic rings. The van der Waals surface area contributed by atoms with Gasteiger partial charge in [0.1, 0.15) is 10.7 Å². The Morgan fingerprint density at radius 1 is 1.50 bits per heavy atom. The van der Waals surface area contributed by atoms with E-state index >= 15 is 0 Å². The molecule has 0 saturated carbocycles. The zero-order chi connectivity index (χ0) is 14.9. The van der Waals surface area contributed by atoms with Crippen molar-refractivity contribution in [2.75, 3.05) is 5.73 Å². The highest BCUT2D eigenvalue weighted by Crippen LogP contribution is 2.26. The molecule has 6 nitrogen and oxygen atoms in total. The number of aryl methyl sites for hydroxylation is 1. The van der Waals surface area contributed by atoms with Crippen LogP contribution in [0.4, 0.5) is 10.1 Å². The Labute approximate surface area is 120 Å². The molecule has 1 aromatic heterocycles. The molecule has 0 spiro atoms. The van der Waals surface area contributed by atoms with Crippen molar-refractivity contribution in [3.8, 4) is 0 Å². The summed E-state index contributed by atoms with van der Waals surface area (Å²) in [6.45, 7) is 1.80. The molecule has 2 rings (SSSR count). The Bertz CT molecular complexity index is 745. The second-order valence-electron chi connectivity index (χ2n) is 4.15. The predicted octanol–water partition coefficient (Wildman–Crippen LogP) is 1.57. The first kappa shape index (κ1) is 14.8. The number of rotatable bonds is 4. The van der Waals surface area contributed by atoms with Gasteiger partial charge < -0.3 is 5.73 Å². The van der Waals surface area contributed by atoms with E-state index in [1.54, 1.807) is 6.92 Å². The van der Waals surface area contributed by atoms with E-state index in [9.17, 15) is 12.8 Å². The molecule has 0 amide bonds. The van der Waals surface area contributed by atoms with Crippen molar-refractivity contribution >= 4 is 27.3 Å². The van der Waals surface area contributed by atoms with Crippen molar-refractivity contribution in [3.05, 3.63) is 40.4 Å². The van der Waals surface area contributed by atoms with Crippen molar-refractivity contribution in [1.29, 1.82) is 0 Å². The van der Waals surface area contributed by atoms with Crippen molar-refractivity contribution in [2.45, 2.75) is 18.4 Å². The van der Waals surface area contributed by atoms with E-state index in [1.807, 2.05) is 0 Å². The number of anilines is 1. The third kappa shape index (κ3) is 2.92. The van der Waals surface area contributed by atoms with Crippen LogP contribution in [0.5, 0.6) is 0 Å². The quantitative estimate of drug-likeness (QED) is 0.745. The summed E-state index contributed by atoms with van der Waals surface area (Å²) in [6, 6.07) is 1.86. The monoisotopic (exact) mass is 318 g/mol. The fourth-order valence-corrected chi connectivity index (χ4v) is 3.11. The molecule has 2 aromatic rings. The zero-order valence-corrected chi connectivity index (χ0v) is 12.0. The van der Waals surface area contributed by atoms with E-state index in [0.29, 0.717) is 5.56 Å². The minimum absolute atomic E-state index is 0.0400. The number of aromatic nitrogens is 2. The summed E-state index contributed by atoms with van der Waals surface area (Å²) < 4.78 is 39.8. The smallest absolute Gasteiger partial charge is 0.242 e. The SMILES string of the molecule is Cc1[nH]ncc1CNS(=O)(=O)c1cc(N)c(F)cc1Cl. The van der Waals surface area contributed by atoms with Crippen LogP contribution in [-0.4, -0.2) is 18.6 Å². The zero-order valence-electron chi connectivity index (χ0n) is 10.4. The van der Waals surface area contributed by atoms with Gasteiger partial charge >= 0.3 is 0 Å². The molecule has 0 fully saturated rings. The van der Waals surface area contributed by atoms with E-state index < -0.39 is 15.8 Å². The van der Waals surface area contributed by atoms with Crippen molar-refractivity contribution in [3.63, 3.8) is 0 Å². The van der Waals surface area contributed by atoms with Crippen LogP contribution in [0.25, 0.3) is 0 Å². The molecule has 0 saturated heterocycles. The van der Waals surface area contributed by atoms with Crippen LogP contribution < -0.4 is 10.5 Å². The summed E-state index contributed by atoms with van der Waals surface area (Å²) >= 11 is 5.74. The lowest BCUT2D eigenvalue weighted by atomic mass is 10.3. The summed E-state index contributed by atoms with van der Waals surface area (Å²) in [6.07, 6.45) is 1.51. The van der Waals surface area contributed by atoms with Gasteiger partial charge in [-0.05, 0) is 19.1 Å². The van der Waals surface area contributed by atoms with Crippen LogP contribution in [0.1, 0.15) is 11.3 Å². The molecule has 108 valence electrons. The molecule has 1 heterocycles. The second-order valence-corrected chi connectivity index (χ2v) is 6.29. The summed E-state index contributed by atoms with van der Waals surface area (Å²) in [5.41, 5.74) is 6.52. The number of halogens is 2. The van der Waals surface area contributed by atoms with E-state index in [1.165, 1.54) is 6.20 Å². The number of benzene rings is 1. The molecule has 9 heteroatoms. The van der Waals surface area contributed by atoms with Gasteiger partial charge in [-0.25, -0.2) is 17.5 Å². The molecule has 4 N–H and O–H groups in total. The first-order valence-electron chi connectivity index (χ1n) is 5.54. The van der Waals surface area contributed by atoms with Gasteiger partial charge in [-0.1, -0.05) is 11.6 Å². The van der Waals surface area contributed by atoms with Crippen LogP contribution in [0.3, 0.4) is 0 Å². The van der Waals surface area contributed by atoms with Gasteiger partial charge in [-0.3, -0.25) is 5.10 Å². The molecular formula is C11H12ClFN4O2S. The lowest BCUT2D eigenvalue weighted by molar-refractivity contribution is 0.580. The topological polar surface area (TPSA) is 101 Å². The number of nitrogens with one attached hydrogen (secondary N) is 2. The Hall–Kier alpha value is -1.64. The van der Waals surface area contributed by atoms with Crippen LogP contribution in [-0.2, 0) is 16.6 Å². The normalized spacial score (nSPS) is 11.8. The average molecular weight is 319 g/mol. The van der Waals surface area contributed by atoms with Gasteiger partial charge in [0.15, 0.2) is 0 Å². The highest BCUT2D eigenvalue weighted by atomic mass is 35.5. The van der Waals surface area contributed by atoms with Crippen LogP contribution in [0, 0.1) is 12.7 Å². The number of nitrogens with zero attached hydrogens (tertiary/aromatic N) is 1. The van der Waals surface area contributed by atoms with Crippen LogP contribution in [0.2, 0.25) is 5.02 Å². The molecule has 0 unspecified atom stereocenters. The second kappa shape index (κ2) is 5.39. The minimum Gasteiger partial charge on any atom is -0.396 e. The largest absolute Gasteiger partial charge is 0.396 e. The summed E-state index contributed by atoms with van der Waals surface area (Å²) in [5.74, 6) is -0.764. The predicted molar refractivity (Wildman–Crippen MR) is 73.2 cm³/mol. The fraction of sp³-hybridized carbons (Fsp3) is 0.182. The van der Waals surface area contributed by atoms with E-state index in [4.69, 9.17) is 17.3 Å². The number of hydrogen-bond acceptors (Lipinski definition) is 4. The van der Waals surface area contributed by atoms with E-state index in [2.05, 4.69) is 14.9 Å². The Kier molecular flexibility index (Phi) is 3.98. The maximum absolute atomic E-state index is 13.2. The van der Waals surface area contributed by atoms with Crippen molar-refractivity contribution < 1.29 is 12.8 Å². The minimum atomic E-state index is -3.89. The number of nitrogen functional groups attached to an aromatic ring is 1. The summed E-state index contributed by atoms with van der Waals surface area (Å²) in [5, 5.41) is 6.25. The lowest BCUT2D eigenvalue weighted by Gasteiger charge is -2.09. The van der Waals surface area contributed by atoms with Gasteiger partial charge in [-0.15, -0.1) is 0 Å². The van der Waals surface area contributed by atoms with Gasteiger partial charge in [0, 0.05) is 17.8 Å². The van der Waals surface area contributed by atoms with Gasteiger partial charge in [0.25, 0.3) is 0 Å². The van der Waals surface area contributed by atoms with Gasteiger partial charge in [0.05, 0.1) is 16.9 Å². The molecule has 0 aliphatic carbocycles. The van der Waals surface area contributed by atoms with Gasteiger partial charge in [-0.2, -0.15) is 5.10 Å². The summed E-state index contributed by atoms with van der Waals surface area (Å²) in [7, 11) is -3.89. The first-order valence-corrected chi connectivity index (χ1v) is 7.40. The molecule has 1 aromatic carbocycles. The number of sulfonamides is 1. The maximum Gasteiger partial charge on any atom is 0.242 e. The number of hydrogen-bond donors (Lipinski definition) is 3. The standard InChI is InChI=1S/C11H12ClFN4O2S/c1-6-7(4-15-17-6)5-16-20(18,19)11-3-10(14)9(13)2-8(11)12/h2-4,16H,5,14H2,1H3,(H,15,17).